The minimum Gasteiger partial charge on any atom is -0.349 e. The largest absolute Gasteiger partial charge is 0.349 e. The lowest BCUT2D eigenvalue weighted by Crippen LogP contribution is -2.56. The van der Waals surface area contributed by atoms with Gasteiger partial charge in [0.15, 0.2) is 11.8 Å². The Kier molecular flexibility index (Phi) is 7.88. The van der Waals surface area contributed by atoms with Crippen molar-refractivity contribution in [3.05, 3.63) is 47.6 Å². The molecule has 8 heteroatoms. The van der Waals surface area contributed by atoms with Crippen LogP contribution in [0, 0.1) is 12.8 Å². The lowest BCUT2D eigenvalue weighted by Gasteiger charge is -2.48. The average molecular weight is 510 g/mol. The minimum atomic E-state index is 0. The summed E-state index contributed by atoms with van der Waals surface area (Å²) in [5.74, 6) is 2.88. The highest BCUT2D eigenvalue weighted by Crippen LogP contribution is 2.31. The van der Waals surface area contributed by atoms with Crippen molar-refractivity contribution in [3.63, 3.8) is 0 Å². The Morgan fingerprint density at radius 1 is 1.24 bits per heavy atom. The quantitative estimate of drug-likeness (QED) is 0.388. The van der Waals surface area contributed by atoms with Gasteiger partial charge in [-0.05, 0) is 37.3 Å². The molecule has 0 saturated carbocycles. The average Bonchev–Trinajstić information content (AvgIpc) is 3.14. The second kappa shape index (κ2) is 10.4. The number of hydrogen-bond donors (Lipinski definition) is 1. The fourth-order valence-electron chi connectivity index (χ4n) is 4.62. The first-order valence-corrected chi connectivity index (χ1v) is 10.3. The molecule has 1 aromatic heterocycles. The molecule has 0 radical (unpaired) electrons. The Labute approximate surface area is 190 Å². The third kappa shape index (κ3) is 5.48. The van der Waals surface area contributed by atoms with Crippen molar-refractivity contribution in [1.29, 1.82) is 0 Å². The SMILES string of the molecule is CN=C(NCc1noc(C)n1)N1CCC2C(CCCN2Cc2ccccc2)C1.I. The van der Waals surface area contributed by atoms with Crippen LogP contribution in [0.4, 0.5) is 0 Å². The molecule has 4 rings (SSSR count). The van der Waals surface area contributed by atoms with Gasteiger partial charge in [0.2, 0.25) is 5.89 Å². The second-order valence-electron chi connectivity index (χ2n) is 7.79. The number of nitrogens with one attached hydrogen (secondary N) is 1. The molecule has 0 amide bonds. The third-order valence-electron chi connectivity index (χ3n) is 5.90. The molecule has 2 aromatic rings. The Balaban J connectivity index is 0.00000240. The van der Waals surface area contributed by atoms with E-state index in [9.17, 15) is 0 Å². The number of halogens is 1. The predicted molar refractivity (Wildman–Crippen MR) is 124 cm³/mol. The van der Waals surface area contributed by atoms with Gasteiger partial charge in [-0.1, -0.05) is 35.5 Å². The van der Waals surface area contributed by atoms with Gasteiger partial charge < -0.3 is 14.7 Å². The highest BCUT2D eigenvalue weighted by Gasteiger charge is 2.36. The van der Waals surface area contributed by atoms with Crippen LogP contribution in [-0.4, -0.2) is 58.6 Å². The minimum absolute atomic E-state index is 0. The third-order valence-corrected chi connectivity index (χ3v) is 5.90. The lowest BCUT2D eigenvalue weighted by atomic mass is 9.83. The Bertz CT molecular complexity index is 795. The molecule has 2 unspecified atom stereocenters. The van der Waals surface area contributed by atoms with Gasteiger partial charge in [0.25, 0.3) is 0 Å². The molecule has 1 N–H and O–H groups in total. The summed E-state index contributed by atoms with van der Waals surface area (Å²) in [7, 11) is 1.85. The summed E-state index contributed by atoms with van der Waals surface area (Å²) in [6.07, 6.45) is 3.75. The molecule has 7 nitrogen and oxygen atoms in total. The van der Waals surface area contributed by atoms with Gasteiger partial charge in [-0.25, -0.2) is 0 Å². The van der Waals surface area contributed by atoms with E-state index in [1.807, 2.05) is 7.05 Å². The zero-order chi connectivity index (χ0) is 19.3. The molecule has 158 valence electrons. The van der Waals surface area contributed by atoms with Crippen LogP contribution in [0.2, 0.25) is 0 Å². The molecule has 2 atom stereocenters. The molecule has 2 aliphatic rings. The summed E-state index contributed by atoms with van der Waals surface area (Å²) in [6.45, 7) is 6.69. The number of piperidine rings is 2. The number of aryl methyl sites for hydroxylation is 1. The van der Waals surface area contributed by atoms with Crippen LogP contribution in [-0.2, 0) is 13.1 Å². The number of fused-ring (bicyclic) bond motifs is 1. The van der Waals surface area contributed by atoms with E-state index >= 15 is 0 Å². The van der Waals surface area contributed by atoms with Gasteiger partial charge in [-0.3, -0.25) is 9.89 Å². The van der Waals surface area contributed by atoms with Crippen LogP contribution in [0.1, 0.15) is 36.5 Å². The number of rotatable bonds is 4. The van der Waals surface area contributed by atoms with Crippen LogP contribution in [0.5, 0.6) is 0 Å². The number of aliphatic imine (C=N–C) groups is 1. The van der Waals surface area contributed by atoms with E-state index in [1.165, 1.54) is 31.4 Å². The molecule has 2 saturated heterocycles. The smallest absolute Gasteiger partial charge is 0.223 e. The van der Waals surface area contributed by atoms with E-state index in [0.29, 0.717) is 30.2 Å². The van der Waals surface area contributed by atoms with Gasteiger partial charge in [0, 0.05) is 39.6 Å². The first-order chi connectivity index (χ1) is 13.7. The zero-order valence-electron chi connectivity index (χ0n) is 17.3. The molecule has 0 bridgehead atoms. The molecule has 2 aliphatic heterocycles. The summed E-state index contributed by atoms with van der Waals surface area (Å²) in [6, 6.07) is 11.5. The molecule has 2 fully saturated rings. The van der Waals surface area contributed by atoms with E-state index in [4.69, 9.17) is 4.52 Å². The van der Waals surface area contributed by atoms with E-state index < -0.39 is 0 Å². The van der Waals surface area contributed by atoms with Crippen LogP contribution in [0.15, 0.2) is 39.8 Å². The molecule has 0 spiro atoms. The zero-order valence-corrected chi connectivity index (χ0v) is 19.6. The van der Waals surface area contributed by atoms with E-state index in [-0.39, 0.29) is 24.0 Å². The van der Waals surface area contributed by atoms with Crippen LogP contribution in [0.3, 0.4) is 0 Å². The van der Waals surface area contributed by atoms with E-state index in [2.05, 4.69) is 60.6 Å². The first-order valence-electron chi connectivity index (χ1n) is 10.3. The molecule has 1 aromatic carbocycles. The van der Waals surface area contributed by atoms with Gasteiger partial charge in [0.05, 0.1) is 6.54 Å². The number of nitrogens with zero attached hydrogens (tertiary/aromatic N) is 5. The van der Waals surface area contributed by atoms with Crippen molar-refractivity contribution < 1.29 is 4.52 Å². The molecule has 29 heavy (non-hydrogen) atoms. The standard InChI is InChI=1S/C21H30N6O.HI/c1-16-24-20(25-28-16)13-23-21(22-2)27-12-10-19-18(15-27)9-6-11-26(19)14-17-7-4-3-5-8-17;/h3-5,7-8,18-19H,6,9-15H2,1-2H3,(H,22,23);1H. The highest BCUT2D eigenvalue weighted by atomic mass is 127. The fourth-order valence-corrected chi connectivity index (χ4v) is 4.62. The summed E-state index contributed by atoms with van der Waals surface area (Å²) in [5, 5.41) is 7.35. The number of likely N-dealkylation sites (tertiary alicyclic amines) is 2. The Hall–Kier alpha value is -1.68. The van der Waals surface area contributed by atoms with E-state index in [1.54, 1.807) is 6.92 Å². The van der Waals surface area contributed by atoms with Crippen molar-refractivity contribution in [2.75, 3.05) is 26.7 Å². The molecule has 0 aliphatic carbocycles. The maximum atomic E-state index is 5.05. The molecular formula is C21H31IN6O. The van der Waals surface area contributed by atoms with Crippen molar-refractivity contribution in [2.24, 2.45) is 10.9 Å². The number of guanidine groups is 1. The van der Waals surface area contributed by atoms with Gasteiger partial charge >= 0.3 is 0 Å². The van der Waals surface area contributed by atoms with Crippen molar-refractivity contribution in [2.45, 2.75) is 45.3 Å². The second-order valence-corrected chi connectivity index (χ2v) is 7.79. The Morgan fingerprint density at radius 2 is 2.07 bits per heavy atom. The van der Waals surface area contributed by atoms with Gasteiger partial charge in [0.1, 0.15) is 0 Å². The monoisotopic (exact) mass is 510 g/mol. The first kappa shape index (κ1) is 22.0. The van der Waals surface area contributed by atoms with Crippen molar-refractivity contribution in [3.8, 4) is 0 Å². The highest BCUT2D eigenvalue weighted by molar-refractivity contribution is 14.0. The van der Waals surface area contributed by atoms with Crippen LogP contribution in [0.25, 0.3) is 0 Å². The molecule has 3 heterocycles. The number of aromatic nitrogens is 2. The maximum absolute atomic E-state index is 5.05. The van der Waals surface area contributed by atoms with Crippen LogP contribution >= 0.6 is 24.0 Å². The summed E-state index contributed by atoms with van der Waals surface area (Å²) in [5.41, 5.74) is 1.42. The fraction of sp³-hybridized carbons (Fsp3) is 0.571. The van der Waals surface area contributed by atoms with Crippen molar-refractivity contribution >= 4 is 29.9 Å². The summed E-state index contributed by atoms with van der Waals surface area (Å²) in [4.78, 5) is 13.8. The number of benzene rings is 1. The maximum Gasteiger partial charge on any atom is 0.223 e. The molecular weight excluding hydrogens is 479 g/mol. The van der Waals surface area contributed by atoms with Crippen LogP contribution < -0.4 is 5.32 Å². The number of hydrogen-bond acceptors (Lipinski definition) is 5. The summed E-state index contributed by atoms with van der Waals surface area (Å²) >= 11 is 0. The van der Waals surface area contributed by atoms with Gasteiger partial charge in [-0.15, -0.1) is 24.0 Å². The lowest BCUT2D eigenvalue weighted by molar-refractivity contribution is 0.0372. The predicted octanol–water partition coefficient (Wildman–Crippen LogP) is 3.06. The van der Waals surface area contributed by atoms with Gasteiger partial charge in [-0.2, -0.15) is 4.98 Å². The topological polar surface area (TPSA) is 69.8 Å². The normalized spacial score (nSPS) is 22.7. The summed E-state index contributed by atoms with van der Waals surface area (Å²) < 4.78 is 5.05. The van der Waals surface area contributed by atoms with Crippen molar-refractivity contribution in [1.82, 2.24) is 25.3 Å². The van der Waals surface area contributed by atoms with E-state index in [0.717, 1.165) is 25.6 Å². The Morgan fingerprint density at radius 3 is 2.79 bits per heavy atom.